The second kappa shape index (κ2) is 5.79. The quantitative estimate of drug-likeness (QED) is 0.906. The van der Waals surface area contributed by atoms with Crippen molar-refractivity contribution < 1.29 is 9.18 Å². The number of nitrogens with one attached hydrogen (secondary N) is 2. The lowest BCUT2D eigenvalue weighted by Crippen LogP contribution is -2.28. The molecule has 2 aromatic rings. The topological polar surface area (TPSA) is 54.0 Å². The first-order valence-corrected chi connectivity index (χ1v) is 6.60. The number of para-hydroxylation sites is 1. The number of thiazole rings is 1. The number of benzene rings is 1. The molecule has 1 aromatic heterocycles. The summed E-state index contributed by atoms with van der Waals surface area (Å²) in [5.74, 6) is -0.456. The lowest BCUT2D eigenvalue weighted by atomic mass is 10.3. The van der Waals surface area contributed by atoms with Gasteiger partial charge in [0.15, 0.2) is 0 Å². The Morgan fingerprint density at radius 1 is 1.37 bits per heavy atom. The highest BCUT2D eigenvalue weighted by molar-refractivity contribution is 7.11. The summed E-state index contributed by atoms with van der Waals surface area (Å²) in [6.45, 7) is 4.20. The Bertz CT molecular complexity index is 597. The second-order valence-corrected chi connectivity index (χ2v) is 5.32. The smallest absolute Gasteiger partial charge is 0.319 e. The molecule has 2 amide bonds. The average molecular weight is 279 g/mol. The van der Waals surface area contributed by atoms with Crippen LogP contribution in [-0.2, 0) is 6.54 Å². The Balaban J connectivity index is 1.92. The maximum atomic E-state index is 13.3. The van der Waals surface area contributed by atoms with Gasteiger partial charge in [0.25, 0.3) is 0 Å². The van der Waals surface area contributed by atoms with Crippen LogP contribution in [0.1, 0.15) is 15.6 Å². The molecule has 0 bridgehead atoms. The second-order valence-electron chi connectivity index (χ2n) is 4.03. The molecule has 19 heavy (non-hydrogen) atoms. The lowest BCUT2D eigenvalue weighted by molar-refractivity contribution is 0.251. The van der Waals surface area contributed by atoms with Gasteiger partial charge >= 0.3 is 6.03 Å². The molecule has 0 unspecified atom stereocenters. The monoisotopic (exact) mass is 279 g/mol. The van der Waals surface area contributed by atoms with E-state index < -0.39 is 11.8 Å². The van der Waals surface area contributed by atoms with Crippen LogP contribution in [0.2, 0.25) is 0 Å². The molecular formula is C13H14FN3OS. The third-order valence-corrected chi connectivity index (χ3v) is 3.60. The first-order valence-electron chi connectivity index (χ1n) is 5.78. The number of rotatable bonds is 3. The van der Waals surface area contributed by atoms with Gasteiger partial charge in [-0.15, -0.1) is 11.3 Å². The van der Waals surface area contributed by atoms with Gasteiger partial charge < -0.3 is 10.6 Å². The summed E-state index contributed by atoms with van der Waals surface area (Å²) in [4.78, 5) is 16.9. The number of hydrogen-bond acceptors (Lipinski definition) is 3. The molecule has 1 heterocycles. The highest BCUT2D eigenvalue weighted by Gasteiger charge is 2.08. The number of nitrogens with zero attached hydrogens (tertiary/aromatic N) is 1. The van der Waals surface area contributed by atoms with E-state index in [-0.39, 0.29) is 5.69 Å². The number of anilines is 1. The minimum Gasteiger partial charge on any atom is -0.333 e. The SMILES string of the molecule is Cc1nc(C)c(CNC(=O)Nc2ccccc2F)s1. The molecule has 0 saturated heterocycles. The van der Waals surface area contributed by atoms with Gasteiger partial charge in [-0.1, -0.05) is 12.1 Å². The Hall–Kier alpha value is -1.95. The van der Waals surface area contributed by atoms with Gasteiger partial charge in [-0.25, -0.2) is 14.2 Å². The molecule has 2 rings (SSSR count). The van der Waals surface area contributed by atoms with Gasteiger partial charge in [-0.2, -0.15) is 0 Å². The van der Waals surface area contributed by atoms with Crippen molar-refractivity contribution in [1.82, 2.24) is 10.3 Å². The molecule has 2 N–H and O–H groups in total. The van der Waals surface area contributed by atoms with E-state index in [0.29, 0.717) is 6.54 Å². The third-order valence-electron chi connectivity index (χ3n) is 2.53. The Labute approximate surface area is 114 Å². The zero-order valence-electron chi connectivity index (χ0n) is 10.7. The van der Waals surface area contributed by atoms with Crippen LogP contribution < -0.4 is 10.6 Å². The summed E-state index contributed by atoms with van der Waals surface area (Å²) in [7, 11) is 0. The van der Waals surface area contributed by atoms with Crippen LogP contribution in [0.3, 0.4) is 0 Å². The maximum absolute atomic E-state index is 13.3. The number of aryl methyl sites for hydroxylation is 2. The van der Waals surface area contributed by atoms with E-state index >= 15 is 0 Å². The van der Waals surface area contributed by atoms with Crippen LogP contribution in [0.4, 0.5) is 14.9 Å². The summed E-state index contributed by atoms with van der Waals surface area (Å²) in [5.41, 5.74) is 1.07. The fourth-order valence-electron chi connectivity index (χ4n) is 1.63. The zero-order chi connectivity index (χ0) is 13.8. The van der Waals surface area contributed by atoms with E-state index in [2.05, 4.69) is 15.6 Å². The Morgan fingerprint density at radius 2 is 2.11 bits per heavy atom. The van der Waals surface area contributed by atoms with Crippen LogP contribution >= 0.6 is 11.3 Å². The Morgan fingerprint density at radius 3 is 2.74 bits per heavy atom. The standard InChI is InChI=1S/C13H14FN3OS/c1-8-12(19-9(2)16-8)7-15-13(18)17-11-6-4-3-5-10(11)14/h3-6H,7H2,1-2H3,(H2,15,17,18). The predicted octanol–water partition coefficient (Wildman–Crippen LogP) is 3.22. The van der Waals surface area contributed by atoms with Gasteiger partial charge in [0.1, 0.15) is 5.82 Å². The zero-order valence-corrected chi connectivity index (χ0v) is 11.5. The van der Waals surface area contributed by atoms with Crippen LogP contribution in [0.15, 0.2) is 24.3 Å². The van der Waals surface area contributed by atoms with Crippen LogP contribution in [0.25, 0.3) is 0 Å². The van der Waals surface area contributed by atoms with E-state index in [9.17, 15) is 9.18 Å². The van der Waals surface area contributed by atoms with Gasteiger partial charge in [0, 0.05) is 4.88 Å². The molecule has 6 heteroatoms. The maximum Gasteiger partial charge on any atom is 0.319 e. The summed E-state index contributed by atoms with van der Waals surface area (Å²) in [6.07, 6.45) is 0. The van der Waals surface area contributed by atoms with Gasteiger partial charge in [0.2, 0.25) is 0 Å². The minimum absolute atomic E-state index is 0.164. The van der Waals surface area contributed by atoms with Crippen molar-refractivity contribution in [3.63, 3.8) is 0 Å². The van der Waals surface area contributed by atoms with E-state index in [1.54, 1.807) is 12.1 Å². The number of urea groups is 1. The number of amides is 2. The van der Waals surface area contributed by atoms with Gasteiger partial charge in [-0.3, -0.25) is 0 Å². The van der Waals surface area contributed by atoms with Crippen molar-refractivity contribution in [1.29, 1.82) is 0 Å². The molecule has 0 radical (unpaired) electrons. The van der Waals surface area contributed by atoms with Crippen molar-refractivity contribution in [3.05, 3.63) is 45.7 Å². The van der Waals surface area contributed by atoms with Crippen molar-refractivity contribution in [2.75, 3.05) is 5.32 Å². The Kier molecular flexibility index (Phi) is 4.11. The lowest BCUT2D eigenvalue weighted by Gasteiger charge is -2.07. The van der Waals surface area contributed by atoms with E-state index in [4.69, 9.17) is 0 Å². The van der Waals surface area contributed by atoms with Crippen molar-refractivity contribution in [2.45, 2.75) is 20.4 Å². The highest BCUT2D eigenvalue weighted by atomic mass is 32.1. The fourth-order valence-corrected chi connectivity index (χ4v) is 2.50. The van der Waals surface area contributed by atoms with E-state index in [0.717, 1.165) is 15.6 Å². The van der Waals surface area contributed by atoms with Crippen LogP contribution in [0, 0.1) is 19.7 Å². The average Bonchev–Trinajstić information content (AvgIpc) is 2.68. The summed E-state index contributed by atoms with van der Waals surface area (Å²) in [6, 6.07) is 5.61. The molecule has 0 saturated carbocycles. The largest absolute Gasteiger partial charge is 0.333 e. The molecule has 0 atom stereocenters. The molecule has 1 aromatic carbocycles. The van der Waals surface area contributed by atoms with Crippen molar-refractivity contribution in [2.24, 2.45) is 0 Å². The normalized spacial score (nSPS) is 10.3. The molecule has 0 spiro atoms. The molecule has 0 aliphatic rings. The summed E-state index contributed by atoms with van der Waals surface area (Å²) in [5, 5.41) is 6.11. The van der Waals surface area contributed by atoms with E-state index in [1.807, 2.05) is 13.8 Å². The van der Waals surface area contributed by atoms with Crippen molar-refractivity contribution in [3.8, 4) is 0 Å². The molecule has 100 valence electrons. The summed E-state index contributed by atoms with van der Waals surface area (Å²) >= 11 is 1.54. The molecule has 4 nitrogen and oxygen atoms in total. The van der Waals surface area contributed by atoms with E-state index in [1.165, 1.54) is 23.5 Å². The number of aromatic nitrogens is 1. The van der Waals surface area contributed by atoms with Crippen molar-refractivity contribution >= 4 is 23.1 Å². The summed E-state index contributed by atoms with van der Waals surface area (Å²) < 4.78 is 13.3. The van der Waals surface area contributed by atoms with Crippen LogP contribution in [-0.4, -0.2) is 11.0 Å². The molecular weight excluding hydrogens is 265 g/mol. The molecule has 0 aliphatic carbocycles. The first-order chi connectivity index (χ1) is 9.06. The molecule has 0 fully saturated rings. The van der Waals surface area contributed by atoms with Gasteiger partial charge in [0.05, 0.1) is 22.9 Å². The number of carbonyl (C=O) groups is 1. The predicted molar refractivity (Wildman–Crippen MR) is 73.8 cm³/mol. The third kappa shape index (κ3) is 3.51. The fraction of sp³-hybridized carbons (Fsp3) is 0.231. The van der Waals surface area contributed by atoms with Gasteiger partial charge in [-0.05, 0) is 26.0 Å². The minimum atomic E-state index is -0.456. The van der Waals surface area contributed by atoms with Crippen LogP contribution in [0.5, 0.6) is 0 Å². The number of halogens is 1. The highest BCUT2D eigenvalue weighted by Crippen LogP contribution is 2.17. The number of hydrogen-bond donors (Lipinski definition) is 2. The molecule has 0 aliphatic heterocycles. The number of carbonyl (C=O) groups excluding carboxylic acids is 1. The first kappa shape index (κ1) is 13.5.